The molecule has 17 heavy (non-hydrogen) atoms. The van der Waals surface area contributed by atoms with E-state index < -0.39 is 24.1 Å². The minimum atomic E-state index is -4.18. The van der Waals surface area contributed by atoms with Gasteiger partial charge in [0.1, 0.15) is 0 Å². The average molecular weight is 252 g/mol. The largest absolute Gasteiger partial charge is 0.392 e. The van der Waals surface area contributed by atoms with Crippen LogP contribution in [0.5, 0.6) is 0 Å². The molecule has 0 aromatic rings. The van der Waals surface area contributed by atoms with Gasteiger partial charge in [0.25, 0.3) is 0 Å². The summed E-state index contributed by atoms with van der Waals surface area (Å²) in [6.45, 7) is 0.966. The van der Waals surface area contributed by atoms with Crippen molar-refractivity contribution in [2.45, 2.75) is 44.4 Å². The van der Waals surface area contributed by atoms with E-state index >= 15 is 0 Å². The minimum absolute atomic E-state index is 0.108. The Balaban J connectivity index is 2.04. The van der Waals surface area contributed by atoms with Crippen LogP contribution in [-0.4, -0.2) is 30.6 Å². The fraction of sp³-hybridized carbons (Fsp3) is 1.00. The molecule has 1 aliphatic heterocycles. The molecule has 1 saturated carbocycles. The van der Waals surface area contributed by atoms with E-state index in [0.717, 1.165) is 6.42 Å². The van der Waals surface area contributed by atoms with Crippen LogP contribution in [0.25, 0.3) is 0 Å². The van der Waals surface area contributed by atoms with E-state index in [1.807, 2.05) is 0 Å². The first-order valence-electron chi connectivity index (χ1n) is 6.32. The minimum Gasteiger partial charge on any atom is -0.392 e. The fourth-order valence-corrected chi connectivity index (χ4v) is 3.15. The molecule has 0 spiro atoms. The molecule has 0 bridgehead atoms. The summed E-state index contributed by atoms with van der Waals surface area (Å²) in [5.41, 5.74) is 0. The number of aliphatic hydroxyl groups excluding tert-OH is 1. The van der Waals surface area contributed by atoms with Crippen molar-refractivity contribution in [2.24, 2.45) is 17.8 Å². The zero-order valence-electron chi connectivity index (χ0n) is 9.75. The van der Waals surface area contributed by atoms with Crippen molar-refractivity contribution in [3.8, 4) is 0 Å². The Kier molecular flexibility index (Phi) is 3.98. The lowest BCUT2D eigenvalue weighted by atomic mass is 9.72. The molecule has 5 heteroatoms. The SMILES string of the molecule is OC(C1CCOC1)C1CCCCC1C(F)(F)F. The maximum atomic E-state index is 12.9. The van der Waals surface area contributed by atoms with E-state index in [-0.39, 0.29) is 12.3 Å². The van der Waals surface area contributed by atoms with Crippen molar-refractivity contribution in [2.75, 3.05) is 13.2 Å². The standard InChI is InChI=1S/C12H19F3O2/c13-12(14,15)10-4-2-1-3-9(10)11(16)8-5-6-17-7-8/h8-11,16H,1-7H2. The predicted octanol–water partition coefficient (Wildman–Crippen LogP) is 2.75. The van der Waals surface area contributed by atoms with E-state index in [9.17, 15) is 18.3 Å². The fourth-order valence-electron chi connectivity index (χ4n) is 3.15. The molecule has 2 rings (SSSR count). The molecule has 1 N–H and O–H groups in total. The summed E-state index contributed by atoms with van der Waals surface area (Å²) >= 11 is 0. The highest BCUT2D eigenvalue weighted by Crippen LogP contribution is 2.44. The molecular weight excluding hydrogens is 233 g/mol. The summed E-state index contributed by atoms with van der Waals surface area (Å²) in [7, 11) is 0. The van der Waals surface area contributed by atoms with Crippen LogP contribution < -0.4 is 0 Å². The van der Waals surface area contributed by atoms with Crippen LogP contribution in [0.3, 0.4) is 0 Å². The first kappa shape index (κ1) is 13.1. The van der Waals surface area contributed by atoms with Gasteiger partial charge in [-0.15, -0.1) is 0 Å². The quantitative estimate of drug-likeness (QED) is 0.818. The van der Waals surface area contributed by atoms with Gasteiger partial charge >= 0.3 is 6.18 Å². The molecule has 4 unspecified atom stereocenters. The number of hydrogen-bond donors (Lipinski definition) is 1. The van der Waals surface area contributed by atoms with Crippen LogP contribution in [0, 0.1) is 17.8 Å². The van der Waals surface area contributed by atoms with Crippen LogP contribution >= 0.6 is 0 Å². The van der Waals surface area contributed by atoms with Gasteiger partial charge in [-0.2, -0.15) is 13.2 Å². The molecule has 2 aliphatic rings. The monoisotopic (exact) mass is 252 g/mol. The highest BCUT2D eigenvalue weighted by Gasteiger charge is 2.49. The Morgan fingerprint density at radius 2 is 1.82 bits per heavy atom. The topological polar surface area (TPSA) is 29.5 Å². The molecule has 0 aromatic carbocycles. The molecule has 0 radical (unpaired) electrons. The molecule has 1 saturated heterocycles. The van der Waals surface area contributed by atoms with Gasteiger partial charge in [0.2, 0.25) is 0 Å². The molecule has 4 atom stereocenters. The van der Waals surface area contributed by atoms with E-state index in [1.165, 1.54) is 0 Å². The number of hydrogen-bond acceptors (Lipinski definition) is 2. The number of alkyl halides is 3. The maximum Gasteiger partial charge on any atom is 0.392 e. The van der Waals surface area contributed by atoms with Crippen molar-refractivity contribution >= 4 is 0 Å². The second kappa shape index (κ2) is 5.14. The van der Waals surface area contributed by atoms with E-state index in [0.29, 0.717) is 32.5 Å². The molecule has 1 heterocycles. The Morgan fingerprint density at radius 3 is 2.41 bits per heavy atom. The van der Waals surface area contributed by atoms with Crippen LogP contribution in [0.4, 0.5) is 13.2 Å². The van der Waals surface area contributed by atoms with Crippen molar-refractivity contribution in [3.63, 3.8) is 0 Å². The highest BCUT2D eigenvalue weighted by atomic mass is 19.4. The van der Waals surface area contributed by atoms with Gasteiger partial charge in [-0.1, -0.05) is 12.8 Å². The van der Waals surface area contributed by atoms with Crippen molar-refractivity contribution in [1.82, 2.24) is 0 Å². The summed E-state index contributed by atoms with van der Waals surface area (Å²) in [6, 6.07) is 0. The third-order valence-electron chi connectivity index (χ3n) is 4.13. The zero-order chi connectivity index (χ0) is 12.5. The molecule has 1 aliphatic carbocycles. The van der Waals surface area contributed by atoms with Gasteiger partial charge in [0.15, 0.2) is 0 Å². The highest BCUT2D eigenvalue weighted by molar-refractivity contribution is 4.88. The molecule has 2 fully saturated rings. The lowest BCUT2D eigenvalue weighted by Gasteiger charge is -2.37. The van der Waals surface area contributed by atoms with Crippen molar-refractivity contribution in [3.05, 3.63) is 0 Å². The first-order chi connectivity index (χ1) is 8.00. The molecule has 0 amide bonds. The van der Waals surface area contributed by atoms with Crippen LogP contribution in [-0.2, 0) is 4.74 Å². The van der Waals surface area contributed by atoms with E-state index in [1.54, 1.807) is 0 Å². The summed E-state index contributed by atoms with van der Waals surface area (Å²) < 4.78 is 43.8. The second-order valence-electron chi connectivity index (χ2n) is 5.21. The predicted molar refractivity (Wildman–Crippen MR) is 56.4 cm³/mol. The van der Waals surface area contributed by atoms with Crippen LogP contribution in [0.2, 0.25) is 0 Å². The third-order valence-corrected chi connectivity index (χ3v) is 4.13. The molecule has 0 aromatic heterocycles. The van der Waals surface area contributed by atoms with Gasteiger partial charge in [0, 0.05) is 12.5 Å². The summed E-state index contributed by atoms with van der Waals surface area (Å²) in [4.78, 5) is 0. The van der Waals surface area contributed by atoms with Crippen LogP contribution in [0.1, 0.15) is 32.1 Å². The first-order valence-corrected chi connectivity index (χ1v) is 6.32. The number of aliphatic hydroxyl groups is 1. The van der Waals surface area contributed by atoms with Crippen LogP contribution in [0.15, 0.2) is 0 Å². The lowest BCUT2D eigenvalue weighted by molar-refractivity contribution is -0.209. The van der Waals surface area contributed by atoms with Crippen molar-refractivity contribution < 1.29 is 23.0 Å². The number of rotatable bonds is 2. The van der Waals surface area contributed by atoms with Gasteiger partial charge < -0.3 is 9.84 Å². The summed E-state index contributed by atoms with van der Waals surface area (Å²) in [5.74, 6) is -2.06. The number of ether oxygens (including phenoxy) is 1. The normalized spacial score (nSPS) is 37.1. The lowest BCUT2D eigenvalue weighted by Crippen LogP contribution is -2.42. The Labute approximate surface area is 99.1 Å². The summed E-state index contributed by atoms with van der Waals surface area (Å²) in [5, 5.41) is 10.1. The Hall–Kier alpha value is -0.290. The Morgan fingerprint density at radius 1 is 1.12 bits per heavy atom. The zero-order valence-corrected chi connectivity index (χ0v) is 9.75. The molecular formula is C12H19F3O2. The second-order valence-corrected chi connectivity index (χ2v) is 5.21. The maximum absolute atomic E-state index is 12.9. The van der Waals surface area contributed by atoms with Gasteiger partial charge in [0.05, 0.1) is 18.6 Å². The van der Waals surface area contributed by atoms with Gasteiger partial charge in [-0.05, 0) is 25.2 Å². The van der Waals surface area contributed by atoms with Gasteiger partial charge in [-0.25, -0.2) is 0 Å². The molecule has 2 nitrogen and oxygen atoms in total. The van der Waals surface area contributed by atoms with Gasteiger partial charge in [-0.3, -0.25) is 0 Å². The average Bonchev–Trinajstić information content (AvgIpc) is 2.80. The Bertz CT molecular complexity index is 249. The third kappa shape index (κ3) is 2.94. The smallest absolute Gasteiger partial charge is 0.392 e. The number of halogens is 3. The van der Waals surface area contributed by atoms with Crippen molar-refractivity contribution in [1.29, 1.82) is 0 Å². The molecule has 100 valence electrons. The van der Waals surface area contributed by atoms with E-state index in [4.69, 9.17) is 4.74 Å². The summed E-state index contributed by atoms with van der Waals surface area (Å²) in [6.07, 6.45) is -2.28. The van der Waals surface area contributed by atoms with E-state index in [2.05, 4.69) is 0 Å².